The third-order valence-corrected chi connectivity index (χ3v) is 6.19. The molecule has 5 heteroatoms. The monoisotopic (exact) mass is 324 g/mol. The van der Waals surface area contributed by atoms with E-state index in [1.807, 2.05) is 19.2 Å². The zero-order valence-electron chi connectivity index (χ0n) is 13.9. The first kappa shape index (κ1) is 17.4. The van der Waals surface area contributed by atoms with Gasteiger partial charge in [0.25, 0.3) is 0 Å². The molecule has 1 aliphatic carbocycles. The zero-order valence-corrected chi connectivity index (χ0v) is 14.7. The van der Waals surface area contributed by atoms with Crippen molar-refractivity contribution in [2.45, 2.75) is 56.9 Å². The highest BCUT2D eigenvalue weighted by atomic mass is 32.2. The molecule has 0 spiro atoms. The standard InChI is InChI=1S/C17H28N2O2S/c1-4-14(2)19(3)12-11-18-22(20,21)17-10-9-15-7-5-6-8-16(15)13-17/h9-10,13-14,18H,4-8,11-12H2,1-3H3. The number of hydrogen-bond donors (Lipinski definition) is 1. The smallest absolute Gasteiger partial charge is 0.240 e. The molecule has 0 saturated heterocycles. The van der Waals surface area contributed by atoms with Gasteiger partial charge in [-0.3, -0.25) is 0 Å². The van der Waals surface area contributed by atoms with Gasteiger partial charge in [-0.25, -0.2) is 13.1 Å². The van der Waals surface area contributed by atoms with Gasteiger partial charge in [0.15, 0.2) is 0 Å². The summed E-state index contributed by atoms with van der Waals surface area (Å²) in [5.74, 6) is 0. The van der Waals surface area contributed by atoms with Crippen LogP contribution in [0.15, 0.2) is 23.1 Å². The number of benzene rings is 1. The maximum absolute atomic E-state index is 12.4. The van der Waals surface area contributed by atoms with Crippen LogP contribution >= 0.6 is 0 Å². The van der Waals surface area contributed by atoms with E-state index in [4.69, 9.17) is 0 Å². The molecule has 0 aliphatic heterocycles. The average molecular weight is 324 g/mol. The number of likely N-dealkylation sites (N-methyl/N-ethyl adjacent to an activating group) is 1. The molecule has 22 heavy (non-hydrogen) atoms. The van der Waals surface area contributed by atoms with Crippen molar-refractivity contribution in [3.63, 3.8) is 0 Å². The number of aryl methyl sites for hydroxylation is 2. The predicted octanol–water partition coefficient (Wildman–Crippen LogP) is 2.57. The van der Waals surface area contributed by atoms with Crippen LogP contribution in [0.5, 0.6) is 0 Å². The number of sulfonamides is 1. The summed E-state index contributed by atoms with van der Waals surface area (Å²) in [6, 6.07) is 6.04. The van der Waals surface area contributed by atoms with Crippen LogP contribution in [0.3, 0.4) is 0 Å². The molecule has 1 unspecified atom stereocenters. The molecule has 124 valence electrons. The van der Waals surface area contributed by atoms with Crippen molar-refractivity contribution < 1.29 is 8.42 Å². The molecule has 1 aromatic carbocycles. The fourth-order valence-corrected chi connectivity index (χ4v) is 3.92. The van der Waals surface area contributed by atoms with Gasteiger partial charge in [0.05, 0.1) is 4.90 Å². The minimum Gasteiger partial charge on any atom is -0.302 e. The van der Waals surface area contributed by atoms with Crippen molar-refractivity contribution >= 4 is 10.0 Å². The van der Waals surface area contributed by atoms with E-state index in [1.165, 1.54) is 17.5 Å². The van der Waals surface area contributed by atoms with E-state index in [0.29, 0.717) is 17.5 Å². The molecule has 0 saturated carbocycles. The third-order valence-electron chi connectivity index (χ3n) is 4.73. The minimum absolute atomic E-state index is 0.402. The fourth-order valence-electron chi connectivity index (χ4n) is 2.85. The number of nitrogens with one attached hydrogen (secondary N) is 1. The molecule has 0 amide bonds. The second-order valence-electron chi connectivity index (χ2n) is 6.27. The molecule has 0 radical (unpaired) electrons. The van der Waals surface area contributed by atoms with Crippen molar-refractivity contribution in [1.82, 2.24) is 9.62 Å². The Labute approximate surface area is 135 Å². The molecule has 0 heterocycles. The highest BCUT2D eigenvalue weighted by Crippen LogP contribution is 2.23. The largest absolute Gasteiger partial charge is 0.302 e. The van der Waals surface area contributed by atoms with E-state index in [2.05, 4.69) is 23.5 Å². The number of hydrogen-bond acceptors (Lipinski definition) is 3. The SMILES string of the molecule is CCC(C)N(C)CCNS(=O)(=O)c1ccc2c(c1)CCCC2. The van der Waals surface area contributed by atoms with Gasteiger partial charge < -0.3 is 4.90 Å². The van der Waals surface area contributed by atoms with E-state index >= 15 is 0 Å². The summed E-state index contributed by atoms with van der Waals surface area (Å²) in [6.07, 6.45) is 5.50. The van der Waals surface area contributed by atoms with Gasteiger partial charge in [0, 0.05) is 19.1 Å². The van der Waals surface area contributed by atoms with Gasteiger partial charge >= 0.3 is 0 Å². The molecular weight excluding hydrogens is 296 g/mol. The Morgan fingerprint density at radius 1 is 1.23 bits per heavy atom. The van der Waals surface area contributed by atoms with Crippen molar-refractivity contribution in [3.8, 4) is 0 Å². The van der Waals surface area contributed by atoms with Crippen molar-refractivity contribution in [2.75, 3.05) is 20.1 Å². The summed E-state index contributed by atoms with van der Waals surface area (Å²) in [4.78, 5) is 2.58. The van der Waals surface area contributed by atoms with Crippen molar-refractivity contribution in [2.24, 2.45) is 0 Å². The summed E-state index contributed by atoms with van der Waals surface area (Å²) in [7, 11) is -1.37. The number of nitrogens with zero attached hydrogens (tertiary/aromatic N) is 1. The average Bonchev–Trinajstić information content (AvgIpc) is 2.53. The molecule has 1 N–H and O–H groups in total. The van der Waals surface area contributed by atoms with Gasteiger partial charge in [0.2, 0.25) is 10.0 Å². The minimum atomic E-state index is -3.40. The Hall–Kier alpha value is -0.910. The molecular formula is C17H28N2O2S. The van der Waals surface area contributed by atoms with Gasteiger partial charge in [-0.1, -0.05) is 13.0 Å². The van der Waals surface area contributed by atoms with Crippen LogP contribution in [0.1, 0.15) is 44.2 Å². The van der Waals surface area contributed by atoms with Crippen LogP contribution < -0.4 is 4.72 Å². The topological polar surface area (TPSA) is 49.4 Å². The normalized spacial score (nSPS) is 16.5. The molecule has 1 aromatic rings. The van der Waals surface area contributed by atoms with Crippen LogP contribution in [0, 0.1) is 0 Å². The van der Waals surface area contributed by atoms with E-state index in [9.17, 15) is 8.42 Å². The van der Waals surface area contributed by atoms with Crippen molar-refractivity contribution in [1.29, 1.82) is 0 Å². The Bertz CT molecular complexity index is 599. The van der Waals surface area contributed by atoms with Crippen LogP contribution in [-0.4, -0.2) is 39.5 Å². The van der Waals surface area contributed by atoms with Crippen LogP contribution in [0.2, 0.25) is 0 Å². The lowest BCUT2D eigenvalue weighted by atomic mass is 9.92. The Morgan fingerprint density at radius 3 is 2.59 bits per heavy atom. The highest BCUT2D eigenvalue weighted by molar-refractivity contribution is 7.89. The molecule has 0 bridgehead atoms. The van der Waals surface area contributed by atoms with E-state index in [0.717, 1.165) is 32.2 Å². The molecule has 0 fully saturated rings. The fraction of sp³-hybridized carbons (Fsp3) is 0.647. The zero-order chi connectivity index (χ0) is 16.2. The summed E-state index contributed by atoms with van der Waals surface area (Å²) < 4.78 is 27.5. The summed E-state index contributed by atoms with van der Waals surface area (Å²) in [5, 5.41) is 0. The van der Waals surface area contributed by atoms with Crippen LogP contribution in [0.25, 0.3) is 0 Å². The lowest BCUT2D eigenvalue weighted by Crippen LogP contribution is -2.37. The van der Waals surface area contributed by atoms with Gasteiger partial charge in [-0.05, 0) is 69.3 Å². The first-order valence-corrected chi connectivity index (χ1v) is 9.74. The van der Waals surface area contributed by atoms with Gasteiger partial charge in [-0.2, -0.15) is 0 Å². The molecule has 0 aromatic heterocycles. The Morgan fingerprint density at radius 2 is 1.91 bits per heavy atom. The first-order valence-electron chi connectivity index (χ1n) is 8.25. The second kappa shape index (κ2) is 7.57. The number of fused-ring (bicyclic) bond motifs is 1. The third kappa shape index (κ3) is 4.31. The summed E-state index contributed by atoms with van der Waals surface area (Å²) >= 11 is 0. The summed E-state index contributed by atoms with van der Waals surface area (Å²) in [6.45, 7) is 5.45. The van der Waals surface area contributed by atoms with E-state index < -0.39 is 10.0 Å². The maximum Gasteiger partial charge on any atom is 0.240 e. The quantitative estimate of drug-likeness (QED) is 0.838. The maximum atomic E-state index is 12.4. The van der Waals surface area contributed by atoms with Gasteiger partial charge in [0.1, 0.15) is 0 Å². The lowest BCUT2D eigenvalue weighted by Gasteiger charge is -2.23. The number of rotatable bonds is 7. The highest BCUT2D eigenvalue weighted by Gasteiger charge is 2.17. The predicted molar refractivity (Wildman–Crippen MR) is 90.7 cm³/mol. The Kier molecular flexibility index (Phi) is 6.01. The van der Waals surface area contributed by atoms with E-state index in [1.54, 1.807) is 6.07 Å². The molecule has 1 aliphatic rings. The second-order valence-corrected chi connectivity index (χ2v) is 8.04. The lowest BCUT2D eigenvalue weighted by molar-refractivity contribution is 0.256. The molecule has 1 atom stereocenters. The van der Waals surface area contributed by atoms with Crippen LogP contribution in [-0.2, 0) is 22.9 Å². The molecule has 2 rings (SSSR count). The van der Waals surface area contributed by atoms with E-state index in [-0.39, 0.29) is 0 Å². The molecule has 4 nitrogen and oxygen atoms in total. The van der Waals surface area contributed by atoms with Crippen LogP contribution in [0.4, 0.5) is 0 Å². The van der Waals surface area contributed by atoms with Crippen molar-refractivity contribution in [3.05, 3.63) is 29.3 Å². The summed E-state index contributed by atoms with van der Waals surface area (Å²) in [5.41, 5.74) is 2.51. The van der Waals surface area contributed by atoms with Gasteiger partial charge in [-0.15, -0.1) is 0 Å². The first-order chi connectivity index (χ1) is 10.4. The Balaban J connectivity index is 1.98.